The van der Waals surface area contributed by atoms with E-state index < -0.39 is 0 Å². The van der Waals surface area contributed by atoms with Crippen molar-refractivity contribution in [3.8, 4) is 0 Å². The molecule has 0 saturated heterocycles. The Morgan fingerprint density at radius 2 is 2.35 bits per heavy atom. The van der Waals surface area contributed by atoms with Gasteiger partial charge in [-0.2, -0.15) is 0 Å². The zero-order valence-corrected chi connectivity index (χ0v) is 10.8. The van der Waals surface area contributed by atoms with E-state index in [9.17, 15) is 0 Å². The average molecular weight is 249 g/mol. The van der Waals surface area contributed by atoms with Crippen LogP contribution in [-0.2, 0) is 17.9 Å². The maximum atomic E-state index is 5.10. The molecule has 0 bridgehead atoms. The summed E-state index contributed by atoms with van der Waals surface area (Å²) in [7, 11) is 1.67. The van der Waals surface area contributed by atoms with Gasteiger partial charge in [0, 0.05) is 24.4 Å². The molecule has 0 spiro atoms. The lowest BCUT2D eigenvalue weighted by Gasteiger charge is -2.00. The van der Waals surface area contributed by atoms with Crippen molar-refractivity contribution < 1.29 is 4.74 Å². The first-order valence-electron chi connectivity index (χ1n) is 5.47. The zero-order valence-electron chi connectivity index (χ0n) is 9.96. The maximum absolute atomic E-state index is 5.10. The van der Waals surface area contributed by atoms with Crippen LogP contribution in [0.5, 0.6) is 0 Å². The monoisotopic (exact) mass is 249 g/mol. The molecule has 0 amide bonds. The third-order valence-electron chi connectivity index (χ3n) is 2.29. The highest BCUT2D eigenvalue weighted by Gasteiger charge is 1.97. The van der Waals surface area contributed by atoms with E-state index in [4.69, 9.17) is 4.74 Å². The van der Waals surface area contributed by atoms with Gasteiger partial charge in [-0.05, 0) is 18.6 Å². The Morgan fingerprint density at radius 1 is 1.47 bits per heavy atom. The van der Waals surface area contributed by atoms with Crippen LogP contribution in [0.4, 0.5) is 5.82 Å². The van der Waals surface area contributed by atoms with Gasteiger partial charge in [0.25, 0.3) is 0 Å². The molecule has 2 rings (SSSR count). The van der Waals surface area contributed by atoms with Gasteiger partial charge in [0.1, 0.15) is 6.73 Å². The smallest absolute Gasteiger partial charge is 0.193 e. The Morgan fingerprint density at radius 3 is 3.12 bits per heavy atom. The highest BCUT2D eigenvalue weighted by Crippen LogP contribution is 2.08. The molecule has 0 radical (unpaired) electrons. The van der Waals surface area contributed by atoms with Gasteiger partial charge in [-0.15, -0.1) is 11.3 Å². The van der Waals surface area contributed by atoms with Crippen molar-refractivity contribution in [1.82, 2.24) is 9.55 Å². The molecule has 90 valence electrons. The van der Waals surface area contributed by atoms with Gasteiger partial charge in [-0.3, -0.25) is 4.57 Å². The third-order valence-corrected chi connectivity index (χ3v) is 3.09. The number of hydrogen-bond acceptors (Lipinski definition) is 4. The number of nitrogens with zero attached hydrogens (tertiary/aromatic N) is 3. The molecular formula is C12H15N3OS. The standard InChI is InChI=1S/C12H15N3OS/c1-3-10-5-4-6-11(13-10)14-12-15(9-16-2)7-8-17-12/h4-8H,3,9H2,1-2H3/b14-12-. The van der Waals surface area contributed by atoms with Crippen LogP contribution in [0.2, 0.25) is 0 Å². The molecule has 0 aliphatic heterocycles. The number of aryl methyl sites for hydroxylation is 1. The van der Waals surface area contributed by atoms with Crippen LogP contribution in [0.25, 0.3) is 0 Å². The number of hydrogen-bond donors (Lipinski definition) is 0. The summed E-state index contributed by atoms with van der Waals surface area (Å²) in [6.45, 7) is 2.60. The fraction of sp³-hybridized carbons (Fsp3) is 0.333. The fourth-order valence-electron chi connectivity index (χ4n) is 1.45. The molecule has 0 aliphatic carbocycles. The van der Waals surface area contributed by atoms with Gasteiger partial charge >= 0.3 is 0 Å². The van der Waals surface area contributed by atoms with Crippen LogP contribution in [0.3, 0.4) is 0 Å². The van der Waals surface area contributed by atoms with Crippen LogP contribution in [0.1, 0.15) is 12.6 Å². The average Bonchev–Trinajstić information content (AvgIpc) is 2.78. The molecule has 0 N–H and O–H groups in total. The van der Waals surface area contributed by atoms with Crippen molar-refractivity contribution in [2.24, 2.45) is 4.99 Å². The molecule has 17 heavy (non-hydrogen) atoms. The Kier molecular flexibility index (Phi) is 4.06. The Bertz CT molecular complexity index is 544. The van der Waals surface area contributed by atoms with Crippen molar-refractivity contribution in [2.45, 2.75) is 20.1 Å². The topological polar surface area (TPSA) is 39.4 Å². The number of pyridine rings is 1. The lowest BCUT2D eigenvalue weighted by molar-refractivity contribution is 0.129. The second-order valence-corrected chi connectivity index (χ2v) is 4.40. The number of thiazole rings is 1. The molecule has 0 aromatic carbocycles. The van der Waals surface area contributed by atoms with Crippen molar-refractivity contribution in [2.75, 3.05) is 7.11 Å². The summed E-state index contributed by atoms with van der Waals surface area (Å²) >= 11 is 1.57. The van der Waals surface area contributed by atoms with E-state index in [2.05, 4.69) is 16.9 Å². The summed E-state index contributed by atoms with van der Waals surface area (Å²) in [6, 6.07) is 5.91. The van der Waals surface area contributed by atoms with E-state index in [-0.39, 0.29) is 0 Å². The van der Waals surface area contributed by atoms with Crippen LogP contribution < -0.4 is 4.80 Å². The van der Waals surface area contributed by atoms with Crippen molar-refractivity contribution >= 4 is 17.2 Å². The lowest BCUT2D eigenvalue weighted by atomic mass is 10.3. The molecule has 0 aliphatic rings. The summed E-state index contributed by atoms with van der Waals surface area (Å²) in [6.07, 6.45) is 2.88. The molecule has 0 atom stereocenters. The SMILES string of the molecule is CCc1cccc(/N=c2\sccn2COC)n1. The highest BCUT2D eigenvalue weighted by atomic mass is 32.1. The van der Waals surface area contributed by atoms with Crippen LogP contribution in [-0.4, -0.2) is 16.7 Å². The minimum absolute atomic E-state index is 0.510. The molecular weight excluding hydrogens is 234 g/mol. The summed E-state index contributed by atoms with van der Waals surface area (Å²) in [5.74, 6) is 0.747. The predicted octanol–water partition coefficient (Wildman–Crippen LogP) is 2.34. The number of ether oxygens (including phenoxy) is 1. The van der Waals surface area contributed by atoms with E-state index in [1.807, 2.05) is 34.3 Å². The Balaban J connectivity index is 2.36. The fourth-order valence-corrected chi connectivity index (χ4v) is 2.17. The molecule has 5 heteroatoms. The normalized spacial score (nSPS) is 12.0. The van der Waals surface area contributed by atoms with Gasteiger partial charge in [-0.1, -0.05) is 13.0 Å². The van der Waals surface area contributed by atoms with Gasteiger partial charge in [0.2, 0.25) is 0 Å². The van der Waals surface area contributed by atoms with E-state index in [1.165, 1.54) is 0 Å². The summed E-state index contributed by atoms with van der Waals surface area (Å²) in [5.41, 5.74) is 1.06. The van der Waals surface area contributed by atoms with Gasteiger partial charge in [-0.25, -0.2) is 9.98 Å². The Labute approximate surface area is 104 Å². The van der Waals surface area contributed by atoms with Gasteiger partial charge in [0.15, 0.2) is 10.6 Å². The van der Waals surface area contributed by atoms with E-state index in [0.717, 1.165) is 22.7 Å². The third kappa shape index (κ3) is 3.01. The minimum atomic E-state index is 0.510. The minimum Gasteiger partial charge on any atom is -0.364 e. The van der Waals surface area contributed by atoms with Crippen LogP contribution in [0, 0.1) is 0 Å². The van der Waals surface area contributed by atoms with Crippen molar-refractivity contribution in [3.05, 3.63) is 40.3 Å². The van der Waals surface area contributed by atoms with E-state index >= 15 is 0 Å². The van der Waals surface area contributed by atoms with Crippen molar-refractivity contribution in [3.63, 3.8) is 0 Å². The number of rotatable bonds is 4. The molecule has 0 saturated carbocycles. The Hall–Kier alpha value is -1.46. The quantitative estimate of drug-likeness (QED) is 0.834. The predicted molar refractivity (Wildman–Crippen MR) is 68.2 cm³/mol. The van der Waals surface area contributed by atoms with Gasteiger partial charge in [0.05, 0.1) is 0 Å². The van der Waals surface area contributed by atoms with Crippen LogP contribution in [0.15, 0.2) is 34.8 Å². The zero-order chi connectivity index (χ0) is 12.1. The van der Waals surface area contributed by atoms with Crippen molar-refractivity contribution in [1.29, 1.82) is 0 Å². The first-order valence-corrected chi connectivity index (χ1v) is 6.35. The number of methoxy groups -OCH3 is 1. The molecule has 2 heterocycles. The molecule has 4 nitrogen and oxygen atoms in total. The van der Waals surface area contributed by atoms with Gasteiger partial charge < -0.3 is 4.74 Å². The molecule has 0 unspecified atom stereocenters. The van der Waals surface area contributed by atoms with E-state index in [0.29, 0.717) is 6.73 Å². The second-order valence-electron chi connectivity index (χ2n) is 3.53. The van der Waals surface area contributed by atoms with Crippen LogP contribution >= 0.6 is 11.3 Å². The molecule has 0 fully saturated rings. The maximum Gasteiger partial charge on any atom is 0.193 e. The highest BCUT2D eigenvalue weighted by molar-refractivity contribution is 7.07. The number of aromatic nitrogens is 2. The molecule has 2 aromatic rings. The van der Waals surface area contributed by atoms with E-state index in [1.54, 1.807) is 18.4 Å². The first-order chi connectivity index (χ1) is 8.33. The summed E-state index contributed by atoms with van der Waals surface area (Å²) in [4.78, 5) is 9.87. The second kappa shape index (κ2) is 5.75. The molecule has 2 aromatic heterocycles. The lowest BCUT2D eigenvalue weighted by Crippen LogP contribution is -2.14. The summed E-state index contributed by atoms with van der Waals surface area (Å²) < 4.78 is 7.05. The summed E-state index contributed by atoms with van der Waals surface area (Å²) in [5, 5.41) is 1.99. The largest absolute Gasteiger partial charge is 0.364 e. The first kappa shape index (κ1) is 12.0.